The predicted octanol–water partition coefficient (Wildman–Crippen LogP) is 2.28. The molecule has 3 amide bonds. The van der Waals surface area contributed by atoms with E-state index in [1.54, 1.807) is 35.6 Å². The van der Waals surface area contributed by atoms with Crippen molar-refractivity contribution in [2.45, 2.75) is 71.0 Å². The van der Waals surface area contributed by atoms with Crippen molar-refractivity contribution >= 4 is 64.0 Å². The molecule has 20 nitrogen and oxygen atoms in total. The molecule has 350 valence electrons. The number of carbonyl (C=O) groups excluding carboxylic acids is 3. The fourth-order valence-electron chi connectivity index (χ4n) is 6.77. The molecule has 3 atom stereocenters. The van der Waals surface area contributed by atoms with Gasteiger partial charge in [-0.15, -0.1) is 21.5 Å². The van der Waals surface area contributed by atoms with Crippen LogP contribution in [-0.2, 0) is 23.9 Å². The van der Waals surface area contributed by atoms with Crippen molar-refractivity contribution < 1.29 is 28.6 Å². The van der Waals surface area contributed by atoms with E-state index in [0.29, 0.717) is 86.7 Å². The number of hydrogen-bond acceptors (Lipinski definition) is 13. The topological polar surface area (TPSA) is 313 Å². The number of guanidine groups is 2. The molecule has 1 aliphatic heterocycles. The molecule has 1 aliphatic rings. The summed E-state index contributed by atoms with van der Waals surface area (Å²) in [6, 6.07) is 12.3. The smallest absolute Gasteiger partial charge is 0.242 e. The molecule has 3 heterocycles. The fraction of sp³-hybridized carbons (Fsp3) is 0.442. The largest absolute Gasteiger partial charge is 0.491 e. The van der Waals surface area contributed by atoms with Crippen LogP contribution in [0.3, 0.4) is 0 Å². The second-order valence-electron chi connectivity index (χ2n) is 15.1. The number of carbonyl (C=O) groups is 3. The number of fused-ring (bicyclic) bond motifs is 3. The van der Waals surface area contributed by atoms with Crippen LogP contribution in [0.15, 0.2) is 63.5 Å². The molecule has 0 aliphatic carbocycles. The lowest BCUT2D eigenvalue weighted by atomic mass is 9.99. The van der Waals surface area contributed by atoms with Gasteiger partial charge in [0.05, 0.1) is 44.6 Å². The van der Waals surface area contributed by atoms with E-state index < -0.39 is 24.0 Å². The minimum absolute atomic E-state index is 0.0393. The normalized spacial score (nSPS) is 13.9. The molecule has 0 spiro atoms. The molecule has 2 aromatic carbocycles. The number of ether oxygens (including phenoxy) is 3. The number of nitrogens with two attached hydrogens (primary N) is 5. The van der Waals surface area contributed by atoms with Crippen LogP contribution in [0, 0.1) is 20.8 Å². The maximum atomic E-state index is 13.5. The van der Waals surface area contributed by atoms with Gasteiger partial charge in [0.2, 0.25) is 17.7 Å². The summed E-state index contributed by atoms with van der Waals surface area (Å²) < 4.78 is 19.1. The molecule has 4 aromatic rings. The standard InChI is InChI=1S/C43H59ClN14O6S/c1-25-26(2)65-41-36(25)37(28-8-10-29(44)11-9-28)54-34(38-57-56-27(3)58(38)41)24-35(59)53-30-12-14-31(15-13-30)64-23-22-63-21-20-62-19-18-50-40(61)33(7-5-17-52-43(48)49)55-39(60)32(45)6-4-16-51-42(46)47/h8-15,32-34H,4-7,16-24,45H2,1-3H3,(H,50,61)(H,53,59)(H,55,60)(H4,46,47,51)(H4,48,49,52)/t32-,33-,34-/m0/s1. The van der Waals surface area contributed by atoms with E-state index in [2.05, 4.69) is 50.0 Å². The van der Waals surface area contributed by atoms with Gasteiger partial charge in [-0.2, -0.15) is 0 Å². The fourth-order valence-corrected chi connectivity index (χ4v) is 8.11. The average molecular weight is 936 g/mol. The van der Waals surface area contributed by atoms with Gasteiger partial charge in [-0.05, 0) is 88.4 Å². The van der Waals surface area contributed by atoms with Crippen molar-refractivity contribution in [3.63, 3.8) is 0 Å². The first kappa shape index (κ1) is 49.9. The van der Waals surface area contributed by atoms with Gasteiger partial charge >= 0.3 is 0 Å². The van der Waals surface area contributed by atoms with Crippen molar-refractivity contribution in [1.82, 2.24) is 25.4 Å². The predicted molar refractivity (Wildman–Crippen MR) is 253 cm³/mol. The third-order valence-electron chi connectivity index (χ3n) is 10.2. The summed E-state index contributed by atoms with van der Waals surface area (Å²) in [4.78, 5) is 53.3. The second kappa shape index (κ2) is 24.8. The molecule has 0 bridgehead atoms. The zero-order chi connectivity index (χ0) is 46.9. The van der Waals surface area contributed by atoms with Crippen LogP contribution in [0.5, 0.6) is 5.75 Å². The van der Waals surface area contributed by atoms with Crippen molar-refractivity contribution in [1.29, 1.82) is 0 Å². The Labute approximate surface area is 386 Å². The first-order valence-corrected chi connectivity index (χ1v) is 22.4. The van der Waals surface area contributed by atoms with E-state index in [4.69, 9.17) is 59.5 Å². The zero-order valence-electron chi connectivity index (χ0n) is 36.8. The van der Waals surface area contributed by atoms with E-state index in [1.165, 1.54) is 0 Å². The first-order valence-electron chi connectivity index (χ1n) is 21.2. The highest BCUT2D eigenvalue weighted by Crippen LogP contribution is 2.39. The van der Waals surface area contributed by atoms with Crippen LogP contribution in [-0.4, -0.2) is 115 Å². The molecule has 0 radical (unpaired) electrons. The Balaban J connectivity index is 1.01. The van der Waals surface area contributed by atoms with Crippen LogP contribution < -0.4 is 49.4 Å². The summed E-state index contributed by atoms with van der Waals surface area (Å²) >= 11 is 7.89. The van der Waals surface area contributed by atoms with E-state index in [0.717, 1.165) is 32.3 Å². The lowest BCUT2D eigenvalue weighted by molar-refractivity contribution is -0.130. The number of aromatic nitrogens is 3. The van der Waals surface area contributed by atoms with Crippen LogP contribution in [0.2, 0.25) is 5.02 Å². The third kappa shape index (κ3) is 15.0. The zero-order valence-corrected chi connectivity index (χ0v) is 38.4. The summed E-state index contributed by atoms with van der Waals surface area (Å²) in [7, 11) is 0. The van der Waals surface area contributed by atoms with Gasteiger partial charge in [0, 0.05) is 46.3 Å². The number of nitrogens with one attached hydrogen (secondary N) is 3. The Bertz CT molecular complexity index is 2310. The number of amides is 3. The number of hydrogen-bond donors (Lipinski definition) is 8. The minimum Gasteiger partial charge on any atom is -0.491 e. The molecular weight excluding hydrogens is 876 g/mol. The number of anilines is 1. The highest BCUT2D eigenvalue weighted by molar-refractivity contribution is 7.15. The molecule has 5 rings (SSSR count). The molecule has 0 unspecified atom stereocenters. The van der Waals surface area contributed by atoms with E-state index in [1.807, 2.05) is 35.8 Å². The van der Waals surface area contributed by atoms with E-state index in [9.17, 15) is 14.4 Å². The molecule has 0 fully saturated rings. The maximum absolute atomic E-state index is 13.5. The molecule has 13 N–H and O–H groups in total. The van der Waals surface area contributed by atoms with Gasteiger partial charge in [0.1, 0.15) is 35.3 Å². The molecule has 22 heteroatoms. The Morgan fingerprint density at radius 3 is 2.17 bits per heavy atom. The Morgan fingerprint density at radius 1 is 0.846 bits per heavy atom. The van der Waals surface area contributed by atoms with Gasteiger partial charge in [-0.3, -0.25) is 33.9 Å². The van der Waals surface area contributed by atoms with Gasteiger partial charge in [0.25, 0.3) is 0 Å². The molecule has 0 saturated carbocycles. The number of thiophene rings is 1. The van der Waals surface area contributed by atoms with E-state index in [-0.39, 0.29) is 49.9 Å². The summed E-state index contributed by atoms with van der Waals surface area (Å²) in [5.74, 6) is 0.735. The Morgan fingerprint density at radius 2 is 1.49 bits per heavy atom. The first-order chi connectivity index (χ1) is 31.2. The summed E-state index contributed by atoms with van der Waals surface area (Å²) in [5.41, 5.74) is 31.9. The lowest BCUT2D eigenvalue weighted by Gasteiger charge is -2.20. The SMILES string of the molecule is Cc1sc2c(c1C)C(c1ccc(Cl)cc1)=N[C@@H](CC(=O)Nc1ccc(OCCOCCOCCNC(=O)[C@H](CCCN=C(N)N)NC(=O)[C@@H](N)CCCN=C(N)N)cc1)c1nnc(C)n1-2. The quantitative estimate of drug-likeness (QED) is 0.0269. The number of aliphatic imine (C=N–C) groups is 3. The third-order valence-corrected chi connectivity index (χ3v) is 11.6. The van der Waals surface area contributed by atoms with Crippen LogP contribution in [0.25, 0.3) is 5.00 Å². The number of benzene rings is 2. The highest BCUT2D eigenvalue weighted by atomic mass is 35.5. The number of halogens is 1. The van der Waals surface area contributed by atoms with Crippen molar-refractivity contribution in [3.8, 4) is 10.8 Å². The maximum Gasteiger partial charge on any atom is 0.242 e. The summed E-state index contributed by atoms with van der Waals surface area (Å²) in [6.07, 6.45) is 1.61. The van der Waals surface area contributed by atoms with E-state index >= 15 is 0 Å². The van der Waals surface area contributed by atoms with Gasteiger partial charge in [-0.1, -0.05) is 23.7 Å². The lowest BCUT2D eigenvalue weighted by Crippen LogP contribution is -2.52. The summed E-state index contributed by atoms with van der Waals surface area (Å²) in [5, 5.41) is 18.9. The molecule has 0 saturated heterocycles. The molecule has 65 heavy (non-hydrogen) atoms. The average Bonchev–Trinajstić information content (AvgIpc) is 3.75. The highest BCUT2D eigenvalue weighted by Gasteiger charge is 2.32. The minimum atomic E-state index is -0.847. The molecule has 2 aromatic heterocycles. The van der Waals surface area contributed by atoms with Crippen LogP contribution >= 0.6 is 22.9 Å². The van der Waals surface area contributed by atoms with Gasteiger partial charge in [0.15, 0.2) is 17.7 Å². The van der Waals surface area contributed by atoms with Crippen molar-refractivity contribution in [2.75, 3.05) is 58.0 Å². The molecular formula is C43H59ClN14O6S. The van der Waals surface area contributed by atoms with Gasteiger partial charge in [-0.25, -0.2) is 0 Å². The van der Waals surface area contributed by atoms with Crippen molar-refractivity contribution in [2.24, 2.45) is 43.6 Å². The Kier molecular flexibility index (Phi) is 19.0. The number of nitrogens with zero attached hydrogens (tertiary/aromatic N) is 6. The number of aryl methyl sites for hydroxylation is 2. The number of rotatable bonds is 25. The Hall–Kier alpha value is -6.13. The van der Waals surface area contributed by atoms with Crippen LogP contribution in [0.1, 0.15) is 71.4 Å². The second-order valence-corrected chi connectivity index (χ2v) is 16.8. The summed E-state index contributed by atoms with van der Waals surface area (Å²) in [6.45, 7) is 8.33. The monoisotopic (exact) mass is 934 g/mol. The van der Waals surface area contributed by atoms with Gasteiger partial charge < -0.3 is 58.8 Å². The van der Waals surface area contributed by atoms with Crippen molar-refractivity contribution in [3.05, 3.63) is 86.8 Å². The van der Waals surface area contributed by atoms with Crippen LogP contribution in [0.4, 0.5) is 5.69 Å².